The number of fused-ring (bicyclic) bond motifs is 1. The summed E-state index contributed by atoms with van der Waals surface area (Å²) in [5.41, 5.74) is 1.77. The lowest BCUT2D eigenvalue weighted by Gasteiger charge is -2.27. The van der Waals surface area contributed by atoms with E-state index >= 15 is 0 Å². The Morgan fingerprint density at radius 2 is 2.33 bits per heavy atom. The van der Waals surface area contributed by atoms with Crippen LogP contribution in [0.4, 0.5) is 0 Å². The van der Waals surface area contributed by atoms with Gasteiger partial charge in [-0.25, -0.2) is 9.97 Å². The highest BCUT2D eigenvalue weighted by Crippen LogP contribution is 2.19. The summed E-state index contributed by atoms with van der Waals surface area (Å²) in [6.07, 6.45) is 8.02. The van der Waals surface area contributed by atoms with Gasteiger partial charge in [0.25, 0.3) is 5.88 Å². The van der Waals surface area contributed by atoms with E-state index in [-0.39, 0.29) is 6.10 Å². The first-order chi connectivity index (χ1) is 8.72. The lowest BCUT2D eigenvalue weighted by molar-refractivity contribution is 0.148. The van der Waals surface area contributed by atoms with Crippen LogP contribution in [0.1, 0.15) is 25.5 Å². The molecule has 1 fully saturated rings. The first-order valence-corrected chi connectivity index (χ1v) is 6.43. The monoisotopic (exact) mass is 246 g/mol. The lowest BCUT2D eigenvalue weighted by Crippen LogP contribution is -2.42. The van der Waals surface area contributed by atoms with Crippen molar-refractivity contribution in [3.05, 3.63) is 24.3 Å². The summed E-state index contributed by atoms with van der Waals surface area (Å²) < 4.78 is 7.93. The van der Waals surface area contributed by atoms with Crippen LogP contribution >= 0.6 is 0 Å². The highest BCUT2D eigenvalue weighted by atomic mass is 16.5. The minimum Gasteiger partial charge on any atom is -0.470 e. The number of aryl methyl sites for hydroxylation is 1. The van der Waals surface area contributed by atoms with Gasteiger partial charge in [-0.15, -0.1) is 0 Å². The molecule has 1 aliphatic rings. The second-order valence-corrected chi connectivity index (χ2v) is 4.97. The van der Waals surface area contributed by atoms with Crippen LogP contribution < -0.4 is 10.1 Å². The summed E-state index contributed by atoms with van der Waals surface area (Å²) in [6, 6.07) is 0.585. The van der Waals surface area contributed by atoms with Gasteiger partial charge in [-0.1, -0.05) is 0 Å². The summed E-state index contributed by atoms with van der Waals surface area (Å²) in [6.45, 7) is 5.05. The minimum atomic E-state index is 0.192. The van der Waals surface area contributed by atoms with Gasteiger partial charge in [-0.05, 0) is 26.7 Å². The Balaban J connectivity index is 1.82. The van der Waals surface area contributed by atoms with Gasteiger partial charge >= 0.3 is 0 Å². The van der Waals surface area contributed by atoms with E-state index in [0.717, 1.165) is 30.7 Å². The first-order valence-electron chi connectivity index (χ1n) is 6.43. The zero-order valence-corrected chi connectivity index (χ0v) is 10.8. The number of imidazole rings is 1. The van der Waals surface area contributed by atoms with Gasteiger partial charge in [-0.3, -0.25) is 0 Å². The first kappa shape index (κ1) is 11.5. The van der Waals surface area contributed by atoms with Crippen LogP contribution in [0.3, 0.4) is 0 Å². The molecule has 2 aromatic rings. The van der Waals surface area contributed by atoms with Crippen molar-refractivity contribution in [2.75, 3.05) is 6.54 Å². The van der Waals surface area contributed by atoms with E-state index in [1.54, 1.807) is 6.20 Å². The third-order valence-electron chi connectivity index (χ3n) is 3.36. The van der Waals surface area contributed by atoms with Crippen molar-refractivity contribution in [3.8, 4) is 5.88 Å². The van der Waals surface area contributed by atoms with E-state index < -0.39 is 0 Å². The molecule has 5 heteroatoms. The Bertz CT molecular complexity index is 543. The molecule has 2 aromatic heterocycles. The maximum atomic E-state index is 5.97. The fourth-order valence-electron chi connectivity index (χ4n) is 2.33. The summed E-state index contributed by atoms with van der Waals surface area (Å²) in [4.78, 5) is 8.75. The smallest absolute Gasteiger partial charge is 0.258 e. The molecule has 0 spiro atoms. The van der Waals surface area contributed by atoms with Crippen LogP contribution in [0.25, 0.3) is 5.65 Å². The maximum absolute atomic E-state index is 5.97. The van der Waals surface area contributed by atoms with E-state index in [9.17, 15) is 0 Å². The molecule has 3 heterocycles. The lowest BCUT2D eigenvalue weighted by atomic mass is 10.0. The number of hydrogen-bond donors (Lipinski definition) is 1. The van der Waals surface area contributed by atoms with Crippen LogP contribution in [-0.2, 0) is 0 Å². The van der Waals surface area contributed by atoms with Gasteiger partial charge < -0.3 is 14.5 Å². The predicted octanol–water partition coefficient (Wildman–Crippen LogP) is 1.56. The molecule has 0 saturated carbocycles. The molecule has 0 bridgehead atoms. The number of piperidine rings is 1. The van der Waals surface area contributed by atoms with Crippen molar-refractivity contribution < 1.29 is 4.74 Å². The largest absolute Gasteiger partial charge is 0.470 e. The average Bonchev–Trinajstić information content (AvgIpc) is 2.73. The normalized spacial score (nSPS) is 24.3. The Kier molecular flexibility index (Phi) is 2.91. The summed E-state index contributed by atoms with van der Waals surface area (Å²) in [7, 11) is 0. The fourth-order valence-corrected chi connectivity index (χ4v) is 2.33. The number of nitrogens with one attached hydrogen (secondary N) is 1. The van der Waals surface area contributed by atoms with E-state index in [2.05, 4.69) is 22.2 Å². The molecule has 5 nitrogen and oxygen atoms in total. The van der Waals surface area contributed by atoms with Crippen molar-refractivity contribution in [1.29, 1.82) is 0 Å². The van der Waals surface area contributed by atoms with Crippen molar-refractivity contribution in [2.24, 2.45) is 0 Å². The van der Waals surface area contributed by atoms with Crippen LogP contribution in [0.5, 0.6) is 5.88 Å². The maximum Gasteiger partial charge on any atom is 0.258 e. The molecule has 1 saturated heterocycles. The van der Waals surface area contributed by atoms with E-state index in [1.807, 2.05) is 23.7 Å². The van der Waals surface area contributed by atoms with Gasteiger partial charge in [0.05, 0.1) is 5.69 Å². The number of hydrogen-bond acceptors (Lipinski definition) is 4. The predicted molar refractivity (Wildman–Crippen MR) is 68.8 cm³/mol. The Morgan fingerprint density at radius 1 is 1.44 bits per heavy atom. The Morgan fingerprint density at radius 3 is 3.11 bits per heavy atom. The molecule has 0 amide bonds. The number of ether oxygens (including phenoxy) is 1. The van der Waals surface area contributed by atoms with Gasteiger partial charge in [0.1, 0.15) is 6.10 Å². The molecule has 1 aliphatic heterocycles. The van der Waals surface area contributed by atoms with Gasteiger partial charge in [-0.2, -0.15) is 0 Å². The quantitative estimate of drug-likeness (QED) is 0.873. The van der Waals surface area contributed by atoms with Gasteiger partial charge in [0.2, 0.25) is 5.65 Å². The standard InChI is InChI=1S/C13H18N4O/c1-9-3-4-11(7-15-9)18-13-12-16-10(2)8-17(12)6-5-14-13/h5-6,8-9,11,15H,3-4,7H2,1-2H3/t9-,11-/m1/s1. The molecular formula is C13H18N4O. The molecule has 3 rings (SSSR count). The van der Waals surface area contributed by atoms with Crippen LogP contribution in [0, 0.1) is 6.92 Å². The summed E-state index contributed by atoms with van der Waals surface area (Å²) in [5, 5.41) is 3.43. The number of nitrogens with zero attached hydrogens (tertiary/aromatic N) is 3. The van der Waals surface area contributed by atoms with E-state index in [0.29, 0.717) is 11.9 Å². The molecule has 0 radical (unpaired) electrons. The van der Waals surface area contributed by atoms with Crippen LogP contribution in [0.2, 0.25) is 0 Å². The third kappa shape index (κ3) is 2.18. The number of aromatic nitrogens is 3. The molecule has 1 N–H and O–H groups in total. The van der Waals surface area contributed by atoms with Gasteiger partial charge in [0, 0.05) is 31.2 Å². The second kappa shape index (κ2) is 4.57. The third-order valence-corrected chi connectivity index (χ3v) is 3.36. The van der Waals surface area contributed by atoms with Crippen molar-refractivity contribution in [2.45, 2.75) is 38.8 Å². The second-order valence-electron chi connectivity index (χ2n) is 4.97. The molecule has 0 aliphatic carbocycles. The zero-order chi connectivity index (χ0) is 12.5. The summed E-state index contributed by atoms with van der Waals surface area (Å²) in [5.74, 6) is 0.631. The fraction of sp³-hybridized carbons (Fsp3) is 0.538. The highest BCUT2D eigenvalue weighted by molar-refractivity contribution is 5.49. The Hall–Kier alpha value is -1.62. The summed E-state index contributed by atoms with van der Waals surface area (Å²) >= 11 is 0. The molecule has 0 aromatic carbocycles. The van der Waals surface area contributed by atoms with Crippen LogP contribution in [0.15, 0.2) is 18.6 Å². The molecule has 0 unspecified atom stereocenters. The molecule has 18 heavy (non-hydrogen) atoms. The van der Waals surface area contributed by atoms with Gasteiger partial charge in [0.15, 0.2) is 0 Å². The molecule has 2 atom stereocenters. The average molecular weight is 246 g/mol. The van der Waals surface area contributed by atoms with E-state index in [1.165, 1.54) is 0 Å². The topological polar surface area (TPSA) is 51.5 Å². The minimum absolute atomic E-state index is 0.192. The molecule has 96 valence electrons. The van der Waals surface area contributed by atoms with Crippen molar-refractivity contribution in [1.82, 2.24) is 19.7 Å². The zero-order valence-electron chi connectivity index (χ0n) is 10.8. The number of rotatable bonds is 2. The SMILES string of the molecule is Cc1cn2ccnc(O[C@@H]3CC[C@@H](C)NC3)c2n1. The van der Waals surface area contributed by atoms with Crippen molar-refractivity contribution >= 4 is 5.65 Å². The van der Waals surface area contributed by atoms with Crippen molar-refractivity contribution in [3.63, 3.8) is 0 Å². The van der Waals surface area contributed by atoms with E-state index in [4.69, 9.17) is 4.74 Å². The Labute approximate surface area is 106 Å². The molecular weight excluding hydrogens is 228 g/mol. The van der Waals surface area contributed by atoms with Crippen LogP contribution in [-0.4, -0.2) is 33.1 Å². The highest BCUT2D eigenvalue weighted by Gasteiger charge is 2.20.